The van der Waals surface area contributed by atoms with Crippen molar-refractivity contribution in [3.8, 4) is 0 Å². The van der Waals surface area contributed by atoms with E-state index in [4.69, 9.17) is 11.1 Å². The molecule has 6 nitrogen and oxygen atoms in total. The van der Waals surface area contributed by atoms with Gasteiger partial charge in [-0.3, -0.25) is 5.41 Å². The Balaban J connectivity index is 3.14. The van der Waals surface area contributed by atoms with Crippen molar-refractivity contribution in [2.24, 2.45) is 5.73 Å². The second kappa shape index (κ2) is 5.33. The minimum atomic E-state index is -0.490. The number of nitrogens with one attached hydrogen (secondary N) is 3. The van der Waals surface area contributed by atoms with Gasteiger partial charge in [0.05, 0.1) is 7.11 Å². The van der Waals surface area contributed by atoms with Crippen molar-refractivity contribution >= 4 is 12.1 Å². The van der Waals surface area contributed by atoms with E-state index in [1.807, 2.05) is 0 Å². The summed E-state index contributed by atoms with van der Waals surface area (Å²) in [4.78, 5) is 10.4. The van der Waals surface area contributed by atoms with Gasteiger partial charge in [0, 0.05) is 13.1 Å². The third-order valence-electron chi connectivity index (χ3n) is 0.895. The van der Waals surface area contributed by atoms with Crippen LogP contribution >= 0.6 is 0 Å². The fraction of sp³-hybridized carbons (Fsp3) is 0.600. The number of guanidine groups is 1. The lowest BCUT2D eigenvalue weighted by Crippen LogP contribution is -2.37. The Bertz CT molecular complexity index is 147. The zero-order chi connectivity index (χ0) is 8.69. The molecular formula is C5H12N4O2. The van der Waals surface area contributed by atoms with Gasteiger partial charge in [-0.15, -0.1) is 0 Å². The van der Waals surface area contributed by atoms with Gasteiger partial charge in [0.2, 0.25) is 0 Å². The number of carbonyl (C=O) groups is 1. The standard InChI is InChI=1S/C5H12N4O2/c1-11-5(10)9-3-2-8-4(6)7/h2-3H2,1H3,(H,9,10)(H4,6,7,8). The summed E-state index contributed by atoms with van der Waals surface area (Å²) < 4.78 is 4.29. The monoisotopic (exact) mass is 160 g/mol. The van der Waals surface area contributed by atoms with Crippen molar-refractivity contribution in [2.45, 2.75) is 0 Å². The fourth-order valence-electron chi connectivity index (χ4n) is 0.434. The Morgan fingerprint density at radius 3 is 2.55 bits per heavy atom. The molecule has 0 radical (unpaired) electrons. The maximum atomic E-state index is 10.4. The average molecular weight is 160 g/mol. The lowest BCUT2D eigenvalue weighted by atomic mass is 10.6. The summed E-state index contributed by atoms with van der Waals surface area (Å²) in [5, 5.41) is 11.7. The lowest BCUT2D eigenvalue weighted by molar-refractivity contribution is 0.171. The molecule has 0 fully saturated rings. The quantitative estimate of drug-likeness (QED) is 0.237. The van der Waals surface area contributed by atoms with E-state index >= 15 is 0 Å². The summed E-state index contributed by atoms with van der Waals surface area (Å²) in [6.45, 7) is 0.802. The van der Waals surface area contributed by atoms with Crippen LogP contribution in [-0.2, 0) is 4.74 Å². The molecule has 0 aromatic heterocycles. The molecule has 0 aliphatic heterocycles. The molecule has 5 N–H and O–H groups in total. The summed E-state index contributed by atoms with van der Waals surface area (Å²) in [5.74, 6) is -0.114. The molecule has 0 bridgehead atoms. The zero-order valence-corrected chi connectivity index (χ0v) is 6.31. The van der Waals surface area contributed by atoms with Crippen LogP contribution in [0.4, 0.5) is 4.79 Å². The molecule has 11 heavy (non-hydrogen) atoms. The van der Waals surface area contributed by atoms with Gasteiger partial charge in [-0.2, -0.15) is 0 Å². The lowest BCUT2D eigenvalue weighted by Gasteiger charge is -2.04. The van der Waals surface area contributed by atoms with Gasteiger partial charge in [-0.1, -0.05) is 0 Å². The Hall–Kier alpha value is -1.46. The van der Waals surface area contributed by atoms with E-state index in [0.29, 0.717) is 13.1 Å². The van der Waals surface area contributed by atoms with Crippen molar-refractivity contribution in [1.82, 2.24) is 10.6 Å². The molecule has 6 heteroatoms. The van der Waals surface area contributed by atoms with Crippen LogP contribution in [0, 0.1) is 5.41 Å². The molecule has 0 atom stereocenters. The van der Waals surface area contributed by atoms with Crippen molar-refractivity contribution in [3.63, 3.8) is 0 Å². The highest BCUT2D eigenvalue weighted by molar-refractivity contribution is 5.74. The topological polar surface area (TPSA) is 100 Å². The van der Waals surface area contributed by atoms with Gasteiger partial charge in [0.15, 0.2) is 5.96 Å². The Kier molecular flexibility index (Phi) is 4.63. The van der Waals surface area contributed by atoms with Crippen LogP contribution in [0.3, 0.4) is 0 Å². The molecular weight excluding hydrogens is 148 g/mol. The molecule has 0 unspecified atom stereocenters. The van der Waals surface area contributed by atoms with Crippen LogP contribution in [-0.4, -0.2) is 32.3 Å². The van der Waals surface area contributed by atoms with Crippen LogP contribution in [0.25, 0.3) is 0 Å². The third-order valence-corrected chi connectivity index (χ3v) is 0.895. The molecule has 0 aliphatic rings. The summed E-state index contributed by atoms with van der Waals surface area (Å²) in [6.07, 6.45) is -0.490. The van der Waals surface area contributed by atoms with Crippen molar-refractivity contribution in [2.75, 3.05) is 20.2 Å². The first kappa shape index (κ1) is 9.54. The Morgan fingerprint density at radius 1 is 1.55 bits per heavy atom. The van der Waals surface area contributed by atoms with E-state index in [1.165, 1.54) is 7.11 Å². The summed E-state index contributed by atoms with van der Waals surface area (Å²) in [5.41, 5.74) is 4.97. The number of methoxy groups -OCH3 is 1. The van der Waals surface area contributed by atoms with E-state index in [-0.39, 0.29) is 5.96 Å². The number of nitrogens with two attached hydrogens (primary N) is 1. The number of amides is 1. The van der Waals surface area contributed by atoms with E-state index in [9.17, 15) is 4.79 Å². The highest BCUT2D eigenvalue weighted by atomic mass is 16.5. The molecule has 1 amide bonds. The fourth-order valence-corrected chi connectivity index (χ4v) is 0.434. The number of ether oxygens (including phenoxy) is 1. The van der Waals surface area contributed by atoms with E-state index in [2.05, 4.69) is 15.4 Å². The van der Waals surface area contributed by atoms with Gasteiger partial charge in [-0.25, -0.2) is 4.79 Å². The number of carbonyl (C=O) groups excluding carboxylic acids is 1. The summed E-state index contributed by atoms with van der Waals surface area (Å²) >= 11 is 0. The maximum Gasteiger partial charge on any atom is 0.406 e. The normalized spacial score (nSPS) is 8.45. The third kappa shape index (κ3) is 6.42. The first-order valence-electron chi connectivity index (χ1n) is 3.06. The highest BCUT2D eigenvalue weighted by Gasteiger charge is 1.95. The summed E-state index contributed by atoms with van der Waals surface area (Å²) in [7, 11) is 1.29. The minimum absolute atomic E-state index is 0.114. The second-order valence-corrected chi connectivity index (χ2v) is 1.76. The maximum absolute atomic E-state index is 10.4. The number of hydrogen-bond donors (Lipinski definition) is 4. The summed E-state index contributed by atoms with van der Waals surface area (Å²) in [6, 6.07) is 0. The highest BCUT2D eigenvalue weighted by Crippen LogP contribution is 1.67. The van der Waals surface area contributed by atoms with Crippen molar-refractivity contribution in [1.29, 1.82) is 5.41 Å². The van der Waals surface area contributed by atoms with Crippen molar-refractivity contribution < 1.29 is 9.53 Å². The smallest absolute Gasteiger partial charge is 0.406 e. The van der Waals surface area contributed by atoms with Crippen LogP contribution < -0.4 is 16.4 Å². The molecule has 0 aromatic rings. The van der Waals surface area contributed by atoms with Crippen LogP contribution in [0.2, 0.25) is 0 Å². The molecule has 0 spiro atoms. The van der Waals surface area contributed by atoms with E-state index in [0.717, 1.165) is 0 Å². The van der Waals surface area contributed by atoms with E-state index < -0.39 is 6.09 Å². The minimum Gasteiger partial charge on any atom is -0.453 e. The van der Waals surface area contributed by atoms with Crippen LogP contribution in [0.5, 0.6) is 0 Å². The average Bonchev–Trinajstić information content (AvgIpc) is 1.97. The van der Waals surface area contributed by atoms with Crippen LogP contribution in [0.1, 0.15) is 0 Å². The second-order valence-electron chi connectivity index (χ2n) is 1.76. The molecule has 0 rings (SSSR count). The predicted octanol–water partition coefficient (Wildman–Crippen LogP) is -1.17. The van der Waals surface area contributed by atoms with Crippen LogP contribution in [0.15, 0.2) is 0 Å². The Labute approximate surface area is 64.6 Å². The zero-order valence-electron chi connectivity index (χ0n) is 6.31. The molecule has 0 saturated carbocycles. The first-order valence-corrected chi connectivity index (χ1v) is 3.06. The van der Waals surface area contributed by atoms with E-state index in [1.54, 1.807) is 0 Å². The predicted molar refractivity (Wildman–Crippen MR) is 40.3 cm³/mol. The molecule has 0 aromatic carbocycles. The number of rotatable bonds is 3. The number of alkyl carbamates (subject to hydrolysis) is 1. The Morgan fingerprint density at radius 2 is 2.09 bits per heavy atom. The first-order chi connectivity index (χ1) is 5.16. The number of hydrogen-bond acceptors (Lipinski definition) is 3. The molecule has 0 heterocycles. The van der Waals surface area contributed by atoms with Crippen molar-refractivity contribution in [3.05, 3.63) is 0 Å². The largest absolute Gasteiger partial charge is 0.453 e. The van der Waals surface area contributed by atoms with Gasteiger partial charge < -0.3 is 21.1 Å². The molecule has 64 valence electrons. The molecule has 0 aliphatic carbocycles. The van der Waals surface area contributed by atoms with Gasteiger partial charge in [0.1, 0.15) is 0 Å². The van der Waals surface area contributed by atoms with Gasteiger partial charge >= 0.3 is 6.09 Å². The van der Waals surface area contributed by atoms with Gasteiger partial charge in [-0.05, 0) is 0 Å². The molecule has 0 saturated heterocycles. The van der Waals surface area contributed by atoms with Gasteiger partial charge in [0.25, 0.3) is 0 Å². The SMILES string of the molecule is COC(=O)NCCNC(=N)N.